The summed E-state index contributed by atoms with van der Waals surface area (Å²) in [6.45, 7) is 4.86. The summed E-state index contributed by atoms with van der Waals surface area (Å²) in [6, 6.07) is 4.14. The lowest BCUT2D eigenvalue weighted by Gasteiger charge is -2.08. The normalized spacial score (nSPS) is 11.4. The fourth-order valence-corrected chi connectivity index (χ4v) is 6.12. The maximum atomic E-state index is 12.2. The van der Waals surface area contributed by atoms with Crippen molar-refractivity contribution in [3.63, 3.8) is 0 Å². The maximum Gasteiger partial charge on any atom is 0.389 e. The molecule has 2 N–H and O–H groups in total. The first-order valence-electron chi connectivity index (χ1n) is 17.4. The van der Waals surface area contributed by atoms with Crippen molar-refractivity contribution in [2.75, 3.05) is 12.0 Å². The zero-order valence-electron chi connectivity index (χ0n) is 28.4. The number of alkyl halides is 3. The van der Waals surface area contributed by atoms with Gasteiger partial charge in [0.15, 0.2) is 16.5 Å². The van der Waals surface area contributed by atoms with Crippen LogP contribution >= 0.6 is 11.3 Å². The van der Waals surface area contributed by atoms with Gasteiger partial charge in [-0.25, -0.2) is 29.4 Å². The van der Waals surface area contributed by atoms with E-state index in [-0.39, 0.29) is 12.0 Å². The molecule has 0 spiro atoms. The lowest BCUT2D eigenvalue weighted by Crippen LogP contribution is -2.15. The molecule has 0 aliphatic heterocycles. The second-order valence-corrected chi connectivity index (χ2v) is 13.1. The number of aromatic carboxylic acids is 1. The van der Waals surface area contributed by atoms with E-state index in [9.17, 15) is 18.0 Å². The Morgan fingerprint density at radius 2 is 1.56 bits per heavy atom. The van der Waals surface area contributed by atoms with Crippen molar-refractivity contribution in [1.82, 2.24) is 24.6 Å². The van der Waals surface area contributed by atoms with Gasteiger partial charge in [0.1, 0.15) is 0 Å². The minimum atomic E-state index is -4.00. The highest BCUT2D eigenvalue weighted by Gasteiger charge is 2.25. The predicted octanol–water partition coefficient (Wildman–Crippen LogP) is 10.6. The summed E-state index contributed by atoms with van der Waals surface area (Å²) in [5.74, 6) is -0.550. The van der Waals surface area contributed by atoms with Gasteiger partial charge in [0.2, 0.25) is 0 Å². The van der Waals surface area contributed by atoms with Crippen molar-refractivity contribution in [2.45, 2.75) is 129 Å². The van der Waals surface area contributed by atoms with Crippen molar-refractivity contribution in [2.24, 2.45) is 0 Å². The van der Waals surface area contributed by atoms with Gasteiger partial charge in [-0.1, -0.05) is 84.0 Å². The Morgan fingerprint density at radius 1 is 0.896 bits per heavy atom. The molecule has 4 aromatic heterocycles. The van der Waals surface area contributed by atoms with E-state index in [4.69, 9.17) is 5.11 Å². The number of hydrogen-bond donors (Lipinski definition) is 2. The van der Waals surface area contributed by atoms with Crippen molar-refractivity contribution >= 4 is 28.3 Å². The van der Waals surface area contributed by atoms with Gasteiger partial charge in [-0.3, -0.25) is 0 Å². The number of aromatic nitrogens is 5. The number of unbranched alkanes of at least 4 members (excludes halogenated alkanes) is 13. The third-order valence-electron chi connectivity index (χ3n) is 8.20. The molecule has 0 aliphatic rings. The fraction of sp³-hybridized carbons (Fsp3) is 0.583. The Hall–Kier alpha value is -3.54. The van der Waals surface area contributed by atoms with Gasteiger partial charge in [-0.2, -0.15) is 13.2 Å². The molecule has 8 nitrogen and oxygen atoms in total. The molecule has 0 unspecified atom stereocenters. The molecule has 0 radical (unpaired) electrons. The number of hydrogen-bond acceptors (Lipinski definition) is 7. The fourth-order valence-electron chi connectivity index (χ4n) is 5.54. The standard InChI is InChI=1S/C27H44F3N3.C9H7N3O2S/c1-2-3-4-5-6-10-13-16-22-32-33-23-24(25-19-17-21-31-26(25)33)18-14-11-8-7-9-12-15-20-27(28,29)30;1-5-6(9(13)14)4-11-7(12-5)8-10-2-3-15-8/h17,19,21,23,32H,2-16,18,20,22H2,1H3;2-4H,1H3,(H,13,14). The van der Waals surface area contributed by atoms with Gasteiger partial charge in [-0.05, 0) is 50.3 Å². The smallest absolute Gasteiger partial charge is 0.389 e. The third-order valence-corrected chi connectivity index (χ3v) is 8.97. The Labute approximate surface area is 286 Å². The molecular formula is C36H51F3N6O2S. The van der Waals surface area contributed by atoms with Crippen LogP contribution < -0.4 is 5.43 Å². The van der Waals surface area contributed by atoms with E-state index >= 15 is 0 Å². The number of carbonyl (C=O) groups is 1. The average molecular weight is 689 g/mol. The molecule has 48 heavy (non-hydrogen) atoms. The van der Waals surface area contributed by atoms with Crippen LogP contribution in [0.3, 0.4) is 0 Å². The first-order chi connectivity index (χ1) is 23.2. The van der Waals surface area contributed by atoms with Gasteiger partial charge < -0.3 is 10.5 Å². The molecule has 0 amide bonds. The summed E-state index contributed by atoms with van der Waals surface area (Å²) in [7, 11) is 0. The molecule has 0 saturated carbocycles. The zero-order valence-corrected chi connectivity index (χ0v) is 29.2. The van der Waals surface area contributed by atoms with Crippen LogP contribution in [0.4, 0.5) is 13.2 Å². The molecule has 0 bridgehead atoms. The van der Waals surface area contributed by atoms with E-state index in [2.05, 4.69) is 49.2 Å². The van der Waals surface area contributed by atoms with E-state index in [1.807, 2.05) is 17.6 Å². The molecule has 0 fully saturated rings. The molecule has 0 atom stereocenters. The van der Waals surface area contributed by atoms with Crippen LogP contribution in [0.5, 0.6) is 0 Å². The molecular weight excluding hydrogens is 637 g/mol. The molecule has 4 heterocycles. The molecule has 4 aromatic rings. The zero-order chi connectivity index (χ0) is 34.6. The minimum absolute atomic E-state index is 0.121. The van der Waals surface area contributed by atoms with E-state index in [1.165, 1.54) is 79.8 Å². The number of aryl methyl sites for hydroxylation is 2. The van der Waals surface area contributed by atoms with Crippen LogP contribution in [-0.4, -0.2) is 48.4 Å². The van der Waals surface area contributed by atoms with Gasteiger partial charge in [0.25, 0.3) is 0 Å². The van der Waals surface area contributed by atoms with Crippen LogP contribution in [0.25, 0.3) is 21.9 Å². The summed E-state index contributed by atoms with van der Waals surface area (Å²) in [5.41, 5.74) is 6.42. The Morgan fingerprint density at radius 3 is 2.19 bits per heavy atom. The van der Waals surface area contributed by atoms with E-state index in [0.29, 0.717) is 22.9 Å². The Bertz CT molecular complexity index is 1480. The number of pyridine rings is 1. The molecule has 12 heteroatoms. The van der Waals surface area contributed by atoms with Crippen LogP contribution in [0.1, 0.15) is 131 Å². The van der Waals surface area contributed by atoms with Gasteiger partial charge in [-0.15, -0.1) is 11.3 Å². The Kier molecular flexibility index (Phi) is 17.4. The number of rotatable bonds is 21. The SMILES string of the molecule is CCCCCCCCCCNn1cc(CCCCCCCCCC(F)(F)F)c2cccnc21.Cc1nc(-c2nccs2)ncc1C(=O)O. The van der Waals surface area contributed by atoms with Gasteiger partial charge in [0, 0.05) is 48.5 Å². The third kappa shape index (κ3) is 14.3. The number of nitrogens with one attached hydrogen (secondary N) is 1. The minimum Gasteiger partial charge on any atom is -0.478 e. The first-order valence-corrected chi connectivity index (χ1v) is 18.3. The molecule has 0 aromatic carbocycles. The molecule has 4 rings (SSSR count). The summed E-state index contributed by atoms with van der Waals surface area (Å²) >= 11 is 1.42. The van der Waals surface area contributed by atoms with Crippen molar-refractivity contribution in [1.29, 1.82) is 0 Å². The quantitative estimate of drug-likeness (QED) is 0.0839. The molecule has 0 aliphatic carbocycles. The van der Waals surface area contributed by atoms with Crippen molar-refractivity contribution in [3.05, 3.63) is 59.1 Å². The number of fused-ring (bicyclic) bond motifs is 1. The second-order valence-electron chi connectivity index (χ2n) is 12.2. The van der Waals surface area contributed by atoms with Crippen LogP contribution in [0, 0.1) is 6.92 Å². The van der Waals surface area contributed by atoms with Crippen molar-refractivity contribution < 1.29 is 23.1 Å². The van der Waals surface area contributed by atoms with E-state index in [0.717, 1.165) is 50.7 Å². The van der Waals surface area contributed by atoms with E-state index in [1.54, 1.807) is 13.1 Å². The topological polar surface area (TPSA) is 106 Å². The Balaban J connectivity index is 0.000000344. The lowest BCUT2D eigenvalue weighted by atomic mass is 10.0. The number of thiazole rings is 1. The summed E-state index contributed by atoms with van der Waals surface area (Å²) in [6.07, 6.45) is 20.1. The van der Waals surface area contributed by atoms with Crippen molar-refractivity contribution in [3.8, 4) is 10.8 Å². The molecule has 0 saturated heterocycles. The monoisotopic (exact) mass is 688 g/mol. The highest BCUT2D eigenvalue weighted by atomic mass is 32.1. The van der Waals surface area contributed by atoms with Crippen LogP contribution in [0.2, 0.25) is 0 Å². The van der Waals surface area contributed by atoms with Gasteiger partial charge >= 0.3 is 12.1 Å². The first kappa shape index (κ1) is 38.9. The highest BCUT2D eigenvalue weighted by molar-refractivity contribution is 7.13. The van der Waals surface area contributed by atoms with E-state index < -0.39 is 18.6 Å². The average Bonchev–Trinajstić information content (AvgIpc) is 3.72. The summed E-state index contributed by atoms with van der Waals surface area (Å²) in [4.78, 5) is 27.4. The highest BCUT2D eigenvalue weighted by Crippen LogP contribution is 2.24. The molecule has 264 valence electrons. The number of halogens is 3. The largest absolute Gasteiger partial charge is 0.478 e. The van der Waals surface area contributed by atoms with Crippen LogP contribution in [-0.2, 0) is 6.42 Å². The second kappa shape index (κ2) is 21.4. The lowest BCUT2D eigenvalue weighted by molar-refractivity contribution is -0.135. The number of carboxylic acids is 1. The van der Waals surface area contributed by atoms with Crippen LogP contribution in [0.15, 0.2) is 42.3 Å². The van der Waals surface area contributed by atoms with Gasteiger partial charge in [0.05, 0.1) is 11.3 Å². The maximum absolute atomic E-state index is 12.2. The predicted molar refractivity (Wildman–Crippen MR) is 188 cm³/mol. The summed E-state index contributed by atoms with van der Waals surface area (Å²) < 4.78 is 38.6. The number of carboxylic acid groups (broad SMARTS) is 1. The number of nitrogens with zero attached hydrogens (tertiary/aromatic N) is 5. The summed E-state index contributed by atoms with van der Waals surface area (Å²) in [5, 5.41) is 12.5.